The van der Waals surface area contributed by atoms with Gasteiger partial charge >= 0.3 is 0 Å². The summed E-state index contributed by atoms with van der Waals surface area (Å²) in [5.74, 6) is 0.169. The Morgan fingerprint density at radius 1 is 1.11 bits per heavy atom. The number of nitrogens with zero attached hydrogens (tertiary/aromatic N) is 2. The standard InChI is InChI=1S/C14H19N3O/c18-14(12-4-2-1-3-5-12)17-10-13(11-17)16-8-6-15-7-9-16/h1-5,13,15H,6-11H2. The first-order valence-electron chi connectivity index (χ1n) is 6.64. The maximum absolute atomic E-state index is 12.2. The predicted octanol–water partition coefficient (Wildman–Crippen LogP) is 0.416. The lowest BCUT2D eigenvalue weighted by Gasteiger charge is -2.46. The normalized spacial score (nSPS) is 21.7. The summed E-state index contributed by atoms with van der Waals surface area (Å²) in [6.07, 6.45) is 0. The van der Waals surface area contributed by atoms with E-state index in [1.165, 1.54) is 0 Å². The van der Waals surface area contributed by atoms with Crippen LogP contribution in [0.2, 0.25) is 0 Å². The van der Waals surface area contributed by atoms with Gasteiger partial charge in [-0.1, -0.05) is 18.2 Å². The molecule has 1 amide bonds. The molecule has 4 heteroatoms. The lowest BCUT2D eigenvalue weighted by molar-refractivity contribution is 0.0227. The third-order valence-corrected chi connectivity index (χ3v) is 3.84. The average molecular weight is 245 g/mol. The highest BCUT2D eigenvalue weighted by molar-refractivity contribution is 5.94. The second-order valence-corrected chi connectivity index (χ2v) is 5.02. The zero-order valence-corrected chi connectivity index (χ0v) is 10.5. The Hall–Kier alpha value is -1.39. The Balaban J connectivity index is 1.54. The van der Waals surface area contributed by atoms with Crippen molar-refractivity contribution in [2.45, 2.75) is 6.04 Å². The molecular formula is C14H19N3O. The molecule has 18 heavy (non-hydrogen) atoms. The molecule has 3 rings (SSSR count). The van der Waals surface area contributed by atoms with Crippen LogP contribution in [-0.2, 0) is 0 Å². The van der Waals surface area contributed by atoms with Crippen LogP contribution in [0.3, 0.4) is 0 Å². The molecule has 0 atom stereocenters. The van der Waals surface area contributed by atoms with Crippen molar-refractivity contribution in [3.63, 3.8) is 0 Å². The molecule has 2 fully saturated rings. The van der Waals surface area contributed by atoms with Crippen LogP contribution >= 0.6 is 0 Å². The molecular weight excluding hydrogens is 226 g/mol. The van der Waals surface area contributed by atoms with Gasteiger partial charge in [0.1, 0.15) is 0 Å². The summed E-state index contributed by atoms with van der Waals surface area (Å²) in [6, 6.07) is 10.1. The van der Waals surface area contributed by atoms with Crippen molar-refractivity contribution in [2.24, 2.45) is 0 Å². The fourth-order valence-corrected chi connectivity index (χ4v) is 2.66. The van der Waals surface area contributed by atoms with Crippen LogP contribution in [0.15, 0.2) is 30.3 Å². The van der Waals surface area contributed by atoms with Crippen LogP contribution in [0.1, 0.15) is 10.4 Å². The molecule has 1 aromatic carbocycles. The summed E-state index contributed by atoms with van der Waals surface area (Å²) in [5, 5.41) is 3.36. The summed E-state index contributed by atoms with van der Waals surface area (Å²) in [6.45, 7) is 6.13. The Bertz CT molecular complexity index is 408. The number of rotatable bonds is 2. The van der Waals surface area contributed by atoms with Gasteiger partial charge in [0.2, 0.25) is 0 Å². The van der Waals surface area contributed by atoms with E-state index in [1.54, 1.807) is 0 Å². The lowest BCUT2D eigenvalue weighted by Crippen LogP contribution is -2.63. The molecule has 0 aromatic heterocycles. The molecule has 96 valence electrons. The molecule has 0 spiro atoms. The van der Waals surface area contributed by atoms with E-state index in [2.05, 4.69) is 10.2 Å². The summed E-state index contributed by atoms with van der Waals surface area (Å²) in [5.41, 5.74) is 0.802. The van der Waals surface area contributed by atoms with Gasteiger partial charge in [-0.15, -0.1) is 0 Å². The van der Waals surface area contributed by atoms with Crippen molar-refractivity contribution in [1.29, 1.82) is 0 Å². The minimum Gasteiger partial charge on any atom is -0.335 e. The van der Waals surface area contributed by atoms with E-state index < -0.39 is 0 Å². The van der Waals surface area contributed by atoms with E-state index in [0.29, 0.717) is 6.04 Å². The van der Waals surface area contributed by atoms with Crippen LogP contribution in [-0.4, -0.2) is 61.0 Å². The quantitative estimate of drug-likeness (QED) is 0.820. The molecule has 0 aliphatic carbocycles. The molecule has 0 saturated carbocycles. The second-order valence-electron chi connectivity index (χ2n) is 5.02. The molecule has 0 radical (unpaired) electrons. The van der Waals surface area contributed by atoms with Crippen molar-refractivity contribution >= 4 is 5.91 Å². The van der Waals surface area contributed by atoms with Crippen LogP contribution in [0.25, 0.3) is 0 Å². The molecule has 2 aliphatic rings. The number of likely N-dealkylation sites (tertiary alicyclic amines) is 1. The van der Waals surface area contributed by atoms with E-state index in [4.69, 9.17) is 0 Å². The van der Waals surface area contributed by atoms with Crippen LogP contribution in [0.4, 0.5) is 0 Å². The number of amides is 1. The fraction of sp³-hybridized carbons (Fsp3) is 0.500. The van der Waals surface area contributed by atoms with Crippen molar-refractivity contribution in [2.75, 3.05) is 39.3 Å². The van der Waals surface area contributed by atoms with Gasteiger partial charge in [0, 0.05) is 50.9 Å². The molecule has 1 N–H and O–H groups in total. The SMILES string of the molecule is O=C(c1ccccc1)N1CC(N2CCNCC2)C1. The molecule has 0 bridgehead atoms. The fourth-order valence-electron chi connectivity index (χ4n) is 2.66. The van der Waals surface area contributed by atoms with Gasteiger partial charge < -0.3 is 10.2 Å². The van der Waals surface area contributed by atoms with Crippen LogP contribution < -0.4 is 5.32 Å². The maximum Gasteiger partial charge on any atom is 0.253 e. The number of hydrogen-bond acceptors (Lipinski definition) is 3. The van der Waals surface area contributed by atoms with Gasteiger partial charge in [0.15, 0.2) is 0 Å². The van der Waals surface area contributed by atoms with Gasteiger partial charge in [-0.3, -0.25) is 9.69 Å². The van der Waals surface area contributed by atoms with E-state index in [-0.39, 0.29) is 5.91 Å². The molecule has 0 unspecified atom stereocenters. The molecule has 4 nitrogen and oxygen atoms in total. The Morgan fingerprint density at radius 3 is 2.44 bits per heavy atom. The monoisotopic (exact) mass is 245 g/mol. The van der Waals surface area contributed by atoms with E-state index in [1.807, 2.05) is 35.2 Å². The lowest BCUT2D eigenvalue weighted by atomic mass is 10.0. The van der Waals surface area contributed by atoms with Crippen molar-refractivity contribution in [1.82, 2.24) is 15.1 Å². The van der Waals surface area contributed by atoms with Crippen molar-refractivity contribution in [3.05, 3.63) is 35.9 Å². The molecule has 1 aromatic rings. The van der Waals surface area contributed by atoms with E-state index >= 15 is 0 Å². The van der Waals surface area contributed by atoms with Crippen molar-refractivity contribution < 1.29 is 4.79 Å². The highest BCUT2D eigenvalue weighted by atomic mass is 16.2. The van der Waals surface area contributed by atoms with Crippen LogP contribution in [0.5, 0.6) is 0 Å². The Morgan fingerprint density at radius 2 is 1.78 bits per heavy atom. The molecule has 2 heterocycles. The van der Waals surface area contributed by atoms with Gasteiger partial charge in [0.25, 0.3) is 5.91 Å². The topological polar surface area (TPSA) is 35.6 Å². The third kappa shape index (κ3) is 2.26. The largest absolute Gasteiger partial charge is 0.335 e. The van der Waals surface area contributed by atoms with Crippen molar-refractivity contribution in [3.8, 4) is 0 Å². The molecule has 2 saturated heterocycles. The van der Waals surface area contributed by atoms with Gasteiger partial charge in [-0.25, -0.2) is 0 Å². The predicted molar refractivity (Wildman–Crippen MR) is 70.6 cm³/mol. The first kappa shape index (κ1) is 11.7. The number of hydrogen-bond donors (Lipinski definition) is 1. The summed E-state index contributed by atoms with van der Waals surface area (Å²) < 4.78 is 0. The second kappa shape index (κ2) is 5.08. The highest BCUT2D eigenvalue weighted by Crippen LogP contribution is 2.18. The van der Waals surface area contributed by atoms with Gasteiger partial charge in [-0.05, 0) is 12.1 Å². The molecule has 2 aliphatic heterocycles. The van der Waals surface area contributed by atoms with E-state index in [0.717, 1.165) is 44.8 Å². The van der Waals surface area contributed by atoms with Gasteiger partial charge in [0.05, 0.1) is 0 Å². The number of nitrogens with one attached hydrogen (secondary N) is 1. The smallest absolute Gasteiger partial charge is 0.253 e. The number of benzene rings is 1. The van der Waals surface area contributed by atoms with Gasteiger partial charge in [-0.2, -0.15) is 0 Å². The van der Waals surface area contributed by atoms with Crippen LogP contribution in [0, 0.1) is 0 Å². The summed E-state index contributed by atoms with van der Waals surface area (Å²) in [7, 11) is 0. The summed E-state index contributed by atoms with van der Waals surface area (Å²) >= 11 is 0. The number of carbonyl (C=O) groups excluding carboxylic acids is 1. The van der Waals surface area contributed by atoms with E-state index in [9.17, 15) is 4.79 Å². The third-order valence-electron chi connectivity index (χ3n) is 3.84. The zero-order chi connectivity index (χ0) is 12.4. The number of piperazine rings is 1. The Kier molecular flexibility index (Phi) is 3.30. The maximum atomic E-state index is 12.2. The number of carbonyl (C=O) groups is 1. The minimum absolute atomic E-state index is 0.169. The first-order valence-corrected chi connectivity index (χ1v) is 6.64. The summed E-state index contributed by atoms with van der Waals surface area (Å²) in [4.78, 5) is 16.6. The Labute approximate surface area is 108 Å². The average Bonchev–Trinajstić information content (AvgIpc) is 2.39. The highest BCUT2D eigenvalue weighted by Gasteiger charge is 2.35. The first-order chi connectivity index (χ1) is 8.84. The zero-order valence-electron chi connectivity index (χ0n) is 10.5. The minimum atomic E-state index is 0.169.